The molecule has 0 radical (unpaired) electrons. The molecule has 2 N–H and O–H groups in total. The Morgan fingerprint density at radius 1 is 1.09 bits per heavy atom. The third kappa shape index (κ3) is 2.08. The summed E-state index contributed by atoms with van der Waals surface area (Å²) in [6, 6.07) is 5.18. The molecule has 22 heavy (non-hydrogen) atoms. The van der Waals surface area contributed by atoms with Crippen molar-refractivity contribution in [1.82, 2.24) is 15.0 Å². The van der Waals surface area contributed by atoms with E-state index in [0.717, 1.165) is 12.1 Å². The average Bonchev–Trinajstić information content (AvgIpc) is 2.98. The fourth-order valence-corrected chi connectivity index (χ4v) is 2.06. The highest BCUT2D eigenvalue weighted by molar-refractivity contribution is 5.83. The van der Waals surface area contributed by atoms with Crippen LogP contribution < -0.4 is 5.56 Å². The highest BCUT2D eigenvalue weighted by Crippen LogP contribution is 2.30. The van der Waals surface area contributed by atoms with Crippen LogP contribution in [0, 0.1) is 20.2 Å². The number of nitro benzene ring substituents is 2. The molecule has 0 saturated heterocycles. The zero-order valence-corrected chi connectivity index (χ0v) is 10.8. The van der Waals surface area contributed by atoms with Crippen molar-refractivity contribution in [2.24, 2.45) is 0 Å². The van der Waals surface area contributed by atoms with E-state index in [0.29, 0.717) is 5.69 Å². The Kier molecular flexibility index (Phi) is 2.91. The first-order valence-corrected chi connectivity index (χ1v) is 5.98. The third-order valence-electron chi connectivity index (χ3n) is 3.03. The molecule has 0 aliphatic carbocycles. The van der Waals surface area contributed by atoms with Gasteiger partial charge in [0.25, 0.3) is 5.56 Å². The van der Waals surface area contributed by atoms with E-state index in [1.807, 2.05) is 0 Å². The Labute approximate surface area is 120 Å². The lowest BCUT2D eigenvalue weighted by molar-refractivity contribution is -0.422. The first-order valence-electron chi connectivity index (χ1n) is 5.98. The van der Waals surface area contributed by atoms with Crippen LogP contribution in [-0.4, -0.2) is 24.8 Å². The van der Waals surface area contributed by atoms with Gasteiger partial charge in [-0.05, 0) is 12.1 Å². The minimum atomic E-state index is -0.880. The molecule has 0 bridgehead atoms. The molecule has 3 rings (SSSR count). The lowest BCUT2D eigenvalue weighted by Gasteiger charge is -2.02. The number of aromatic amines is 2. The van der Waals surface area contributed by atoms with Crippen LogP contribution in [0.3, 0.4) is 0 Å². The fraction of sp³-hybridized carbons (Fsp3) is 0. The van der Waals surface area contributed by atoms with Gasteiger partial charge in [-0.1, -0.05) is 0 Å². The van der Waals surface area contributed by atoms with Gasteiger partial charge in [-0.25, -0.2) is 4.98 Å². The van der Waals surface area contributed by atoms with Crippen LogP contribution in [0.25, 0.3) is 22.4 Å². The second-order valence-electron chi connectivity index (χ2n) is 4.37. The Balaban J connectivity index is 2.33. The summed E-state index contributed by atoms with van der Waals surface area (Å²) in [5.41, 5.74) is -1.33. The first-order chi connectivity index (χ1) is 10.5. The minimum absolute atomic E-state index is 0.0423. The van der Waals surface area contributed by atoms with Gasteiger partial charge in [0.2, 0.25) is 0 Å². The van der Waals surface area contributed by atoms with Gasteiger partial charge in [0.15, 0.2) is 5.69 Å². The number of H-pyrrole nitrogens is 2. The Morgan fingerprint density at radius 2 is 1.77 bits per heavy atom. The Morgan fingerprint density at radius 3 is 2.36 bits per heavy atom. The zero-order chi connectivity index (χ0) is 15.9. The number of nitrogens with zero attached hydrogens (tertiary/aromatic N) is 3. The monoisotopic (exact) mass is 301 g/mol. The maximum absolute atomic E-state index is 12.0. The summed E-state index contributed by atoms with van der Waals surface area (Å²) in [6.45, 7) is 0. The highest BCUT2D eigenvalue weighted by Gasteiger charge is 2.26. The molecule has 0 fully saturated rings. The maximum Gasteiger partial charge on any atom is 0.348 e. The molecule has 0 amide bonds. The lowest BCUT2D eigenvalue weighted by Crippen LogP contribution is -2.12. The largest absolute Gasteiger partial charge is 0.360 e. The molecule has 2 aromatic heterocycles. The summed E-state index contributed by atoms with van der Waals surface area (Å²) < 4.78 is 0. The van der Waals surface area contributed by atoms with E-state index in [9.17, 15) is 25.0 Å². The number of aromatic nitrogens is 3. The van der Waals surface area contributed by atoms with Crippen LogP contribution in [0.1, 0.15) is 0 Å². The molecule has 10 heteroatoms. The van der Waals surface area contributed by atoms with E-state index in [1.165, 1.54) is 0 Å². The second-order valence-corrected chi connectivity index (χ2v) is 4.37. The molecule has 1 aromatic carbocycles. The summed E-state index contributed by atoms with van der Waals surface area (Å²) in [7, 11) is 0. The van der Waals surface area contributed by atoms with Crippen LogP contribution >= 0.6 is 0 Å². The Hall–Kier alpha value is -3.56. The van der Waals surface area contributed by atoms with Crippen LogP contribution in [0.2, 0.25) is 0 Å². The predicted molar refractivity (Wildman–Crippen MR) is 75.5 cm³/mol. The molecule has 0 unspecified atom stereocenters. The number of nitrogens with one attached hydrogen (secondary N) is 2. The van der Waals surface area contributed by atoms with Crippen molar-refractivity contribution in [3.63, 3.8) is 0 Å². The molecule has 3 aromatic rings. The lowest BCUT2D eigenvalue weighted by atomic mass is 10.2. The second kappa shape index (κ2) is 4.77. The third-order valence-corrected chi connectivity index (χ3v) is 3.03. The van der Waals surface area contributed by atoms with Crippen molar-refractivity contribution in [3.8, 4) is 11.4 Å². The van der Waals surface area contributed by atoms with Gasteiger partial charge in [0.1, 0.15) is 0 Å². The smallest absolute Gasteiger partial charge is 0.348 e. The minimum Gasteiger partial charge on any atom is -0.360 e. The van der Waals surface area contributed by atoms with E-state index in [4.69, 9.17) is 0 Å². The number of nitro groups is 2. The molecule has 2 heterocycles. The SMILES string of the molecule is O=c1[nH]c2cc([N+](=O)[O-])c([N+](=O)[O-])cc2nc1-c1ccc[nH]1. The van der Waals surface area contributed by atoms with Crippen molar-refractivity contribution >= 4 is 22.4 Å². The normalized spacial score (nSPS) is 10.7. The molecule has 0 aliphatic heterocycles. The first kappa shape index (κ1) is 13.4. The molecule has 110 valence electrons. The summed E-state index contributed by atoms with van der Waals surface area (Å²) in [6.07, 6.45) is 1.60. The van der Waals surface area contributed by atoms with Crippen molar-refractivity contribution in [3.05, 3.63) is 61.0 Å². The van der Waals surface area contributed by atoms with Gasteiger partial charge in [0, 0.05) is 12.3 Å². The van der Waals surface area contributed by atoms with Crippen molar-refractivity contribution in [2.45, 2.75) is 0 Å². The van der Waals surface area contributed by atoms with Gasteiger partial charge >= 0.3 is 11.4 Å². The van der Waals surface area contributed by atoms with Crippen molar-refractivity contribution in [2.75, 3.05) is 0 Å². The molecule has 0 aliphatic rings. The molecule has 10 nitrogen and oxygen atoms in total. The van der Waals surface area contributed by atoms with Crippen LogP contribution in [-0.2, 0) is 0 Å². The van der Waals surface area contributed by atoms with E-state index in [2.05, 4.69) is 15.0 Å². The van der Waals surface area contributed by atoms with Crippen molar-refractivity contribution < 1.29 is 9.85 Å². The number of hydrogen-bond donors (Lipinski definition) is 2. The van der Waals surface area contributed by atoms with E-state index >= 15 is 0 Å². The van der Waals surface area contributed by atoms with Gasteiger partial charge in [-0.2, -0.15) is 0 Å². The van der Waals surface area contributed by atoms with Crippen LogP contribution in [0.5, 0.6) is 0 Å². The Bertz CT molecular complexity index is 960. The molecule has 0 atom stereocenters. The average molecular weight is 301 g/mol. The topological polar surface area (TPSA) is 148 Å². The highest BCUT2D eigenvalue weighted by atomic mass is 16.6. The van der Waals surface area contributed by atoms with E-state index in [-0.39, 0.29) is 16.7 Å². The standard InChI is InChI=1S/C12H7N5O5/c18-12-11(6-2-1-3-13-6)14-7-4-9(16(19)20)10(17(21)22)5-8(7)15-12/h1-5,13H,(H,15,18). The summed E-state index contributed by atoms with van der Waals surface area (Å²) in [5.74, 6) is 0. The van der Waals surface area contributed by atoms with Gasteiger partial charge in [-0.3, -0.25) is 25.0 Å². The number of benzene rings is 1. The van der Waals surface area contributed by atoms with Crippen LogP contribution in [0.4, 0.5) is 11.4 Å². The van der Waals surface area contributed by atoms with E-state index < -0.39 is 26.8 Å². The fourth-order valence-electron chi connectivity index (χ4n) is 2.06. The zero-order valence-electron chi connectivity index (χ0n) is 10.8. The predicted octanol–water partition coefficient (Wildman–Crippen LogP) is 1.73. The number of rotatable bonds is 3. The quantitative estimate of drug-likeness (QED) is 0.556. The van der Waals surface area contributed by atoms with Crippen molar-refractivity contribution in [1.29, 1.82) is 0 Å². The molecular weight excluding hydrogens is 294 g/mol. The molecule has 0 spiro atoms. The number of hydrogen-bond acceptors (Lipinski definition) is 6. The van der Waals surface area contributed by atoms with Gasteiger partial charge in [-0.15, -0.1) is 0 Å². The summed E-state index contributed by atoms with van der Waals surface area (Å²) in [4.78, 5) is 41.4. The van der Waals surface area contributed by atoms with Gasteiger partial charge < -0.3 is 9.97 Å². The number of fused-ring (bicyclic) bond motifs is 1. The van der Waals surface area contributed by atoms with Gasteiger partial charge in [0.05, 0.1) is 32.6 Å². The maximum atomic E-state index is 12.0. The molecule has 0 saturated carbocycles. The summed E-state index contributed by atoms with van der Waals surface area (Å²) in [5, 5.41) is 21.8. The van der Waals surface area contributed by atoms with E-state index in [1.54, 1.807) is 18.3 Å². The van der Waals surface area contributed by atoms with Crippen LogP contribution in [0.15, 0.2) is 35.3 Å². The molecular formula is C12H7N5O5. The summed E-state index contributed by atoms with van der Waals surface area (Å²) >= 11 is 0.